The summed E-state index contributed by atoms with van der Waals surface area (Å²) in [7, 11) is 0. The summed E-state index contributed by atoms with van der Waals surface area (Å²) >= 11 is 1.46. The van der Waals surface area contributed by atoms with E-state index < -0.39 is 0 Å². The van der Waals surface area contributed by atoms with Crippen molar-refractivity contribution in [1.29, 1.82) is 0 Å². The first-order chi connectivity index (χ1) is 10.1. The fourth-order valence-electron chi connectivity index (χ4n) is 2.16. The SMILES string of the molecule is Cc1ccc(Nc2nc(CN3C(=O)CCC3=O)cs2)cc1. The number of rotatable bonds is 4. The fourth-order valence-corrected chi connectivity index (χ4v) is 2.88. The molecule has 1 fully saturated rings. The van der Waals surface area contributed by atoms with E-state index in [1.54, 1.807) is 0 Å². The first-order valence-corrected chi connectivity index (χ1v) is 7.61. The van der Waals surface area contributed by atoms with E-state index in [2.05, 4.69) is 10.3 Å². The van der Waals surface area contributed by atoms with Gasteiger partial charge in [0.05, 0.1) is 12.2 Å². The number of hydrogen-bond acceptors (Lipinski definition) is 5. The van der Waals surface area contributed by atoms with E-state index in [4.69, 9.17) is 0 Å². The van der Waals surface area contributed by atoms with E-state index in [1.807, 2.05) is 36.6 Å². The third kappa shape index (κ3) is 3.11. The van der Waals surface area contributed by atoms with Crippen molar-refractivity contribution in [2.75, 3.05) is 5.32 Å². The first kappa shape index (κ1) is 13.8. The normalized spacial score (nSPS) is 14.8. The number of anilines is 2. The zero-order chi connectivity index (χ0) is 14.8. The molecule has 0 radical (unpaired) electrons. The Balaban J connectivity index is 1.67. The number of benzene rings is 1. The molecule has 0 atom stereocenters. The Labute approximate surface area is 126 Å². The van der Waals surface area contributed by atoms with E-state index in [0.717, 1.165) is 16.5 Å². The molecular weight excluding hydrogens is 286 g/mol. The van der Waals surface area contributed by atoms with Crippen LogP contribution in [0.4, 0.5) is 10.8 Å². The van der Waals surface area contributed by atoms with Gasteiger partial charge in [0, 0.05) is 23.9 Å². The van der Waals surface area contributed by atoms with Gasteiger partial charge < -0.3 is 5.32 Å². The van der Waals surface area contributed by atoms with Crippen molar-refractivity contribution in [1.82, 2.24) is 9.88 Å². The topological polar surface area (TPSA) is 62.3 Å². The second-order valence-corrected chi connectivity index (χ2v) is 5.87. The molecule has 2 amide bonds. The van der Waals surface area contributed by atoms with E-state index in [9.17, 15) is 9.59 Å². The molecule has 5 nitrogen and oxygen atoms in total. The van der Waals surface area contributed by atoms with E-state index >= 15 is 0 Å². The summed E-state index contributed by atoms with van der Waals surface area (Å²) in [5.41, 5.74) is 2.90. The monoisotopic (exact) mass is 301 g/mol. The van der Waals surface area contributed by atoms with Gasteiger partial charge in [-0.3, -0.25) is 14.5 Å². The third-order valence-corrected chi connectivity index (χ3v) is 4.14. The van der Waals surface area contributed by atoms with Crippen LogP contribution < -0.4 is 5.32 Å². The van der Waals surface area contributed by atoms with Crippen LogP contribution >= 0.6 is 11.3 Å². The average molecular weight is 301 g/mol. The molecule has 108 valence electrons. The number of nitrogens with one attached hydrogen (secondary N) is 1. The molecule has 6 heteroatoms. The molecule has 1 aromatic heterocycles. The van der Waals surface area contributed by atoms with Gasteiger partial charge in [0.25, 0.3) is 0 Å². The average Bonchev–Trinajstić information content (AvgIpc) is 3.03. The van der Waals surface area contributed by atoms with Crippen LogP contribution in [0.25, 0.3) is 0 Å². The fraction of sp³-hybridized carbons (Fsp3) is 0.267. The van der Waals surface area contributed by atoms with Gasteiger partial charge in [0.2, 0.25) is 11.8 Å². The van der Waals surface area contributed by atoms with Gasteiger partial charge in [0.15, 0.2) is 5.13 Å². The van der Waals surface area contributed by atoms with Crippen LogP contribution in [0.15, 0.2) is 29.6 Å². The molecule has 21 heavy (non-hydrogen) atoms. The van der Waals surface area contributed by atoms with Gasteiger partial charge in [-0.25, -0.2) is 4.98 Å². The number of aryl methyl sites for hydroxylation is 1. The Morgan fingerprint density at radius 3 is 2.52 bits per heavy atom. The van der Waals surface area contributed by atoms with E-state index in [0.29, 0.717) is 12.8 Å². The molecule has 1 aliphatic heterocycles. The summed E-state index contributed by atoms with van der Waals surface area (Å²) in [6.45, 7) is 2.30. The minimum Gasteiger partial charge on any atom is -0.332 e. The van der Waals surface area contributed by atoms with Crippen molar-refractivity contribution in [2.45, 2.75) is 26.3 Å². The van der Waals surface area contributed by atoms with Crippen LogP contribution in [0.3, 0.4) is 0 Å². The Morgan fingerprint density at radius 1 is 1.19 bits per heavy atom. The molecule has 1 saturated heterocycles. The van der Waals surface area contributed by atoms with Gasteiger partial charge >= 0.3 is 0 Å². The highest BCUT2D eigenvalue weighted by Crippen LogP contribution is 2.23. The number of amides is 2. The molecule has 1 N–H and O–H groups in total. The summed E-state index contributed by atoms with van der Waals surface area (Å²) in [6, 6.07) is 8.03. The molecule has 1 aromatic carbocycles. The lowest BCUT2D eigenvalue weighted by atomic mass is 10.2. The first-order valence-electron chi connectivity index (χ1n) is 6.73. The predicted molar refractivity (Wildman–Crippen MR) is 81.4 cm³/mol. The van der Waals surface area contributed by atoms with Crippen LogP contribution in [0.2, 0.25) is 0 Å². The van der Waals surface area contributed by atoms with Crippen LogP contribution in [-0.4, -0.2) is 21.7 Å². The largest absolute Gasteiger partial charge is 0.332 e. The minimum atomic E-state index is -0.110. The summed E-state index contributed by atoms with van der Waals surface area (Å²) in [5.74, 6) is -0.220. The lowest BCUT2D eigenvalue weighted by molar-refractivity contribution is -0.139. The quantitative estimate of drug-likeness (QED) is 0.882. The number of likely N-dealkylation sites (tertiary alicyclic amines) is 1. The van der Waals surface area contributed by atoms with Crippen molar-refractivity contribution in [3.05, 3.63) is 40.9 Å². The number of hydrogen-bond donors (Lipinski definition) is 1. The van der Waals surface area contributed by atoms with Crippen LogP contribution in [0.5, 0.6) is 0 Å². The Hall–Kier alpha value is -2.21. The Bertz CT molecular complexity index is 662. The van der Waals surface area contributed by atoms with Crippen molar-refractivity contribution in [3.8, 4) is 0 Å². The number of nitrogens with zero attached hydrogens (tertiary/aromatic N) is 2. The van der Waals surface area contributed by atoms with E-state index in [-0.39, 0.29) is 18.4 Å². The third-order valence-electron chi connectivity index (χ3n) is 3.33. The van der Waals surface area contributed by atoms with Gasteiger partial charge in [-0.15, -0.1) is 11.3 Å². The Morgan fingerprint density at radius 2 is 1.86 bits per heavy atom. The molecule has 1 aliphatic rings. The molecule has 0 saturated carbocycles. The molecule has 0 aliphatic carbocycles. The number of carbonyl (C=O) groups excluding carboxylic acids is 2. The summed E-state index contributed by atoms with van der Waals surface area (Å²) in [5, 5.41) is 5.85. The second-order valence-electron chi connectivity index (χ2n) is 5.01. The van der Waals surface area contributed by atoms with Gasteiger partial charge in [0.1, 0.15) is 0 Å². The van der Waals surface area contributed by atoms with Gasteiger partial charge in [-0.2, -0.15) is 0 Å². The van der Waals surface area contributed by atoms with Crippen molar-refractivity contribution in [3.63, 3.8) is 0 Å². The minimum absolute atomic E-state index is 0.110. The summed E-state index contributed by atoms with van der Waals surface area (Å²) in [6.07, 6.45) is 0.634. The van der Waals surface area contributed by atoms with Gasteiger partial charge in [-0.05, 0) is 19.1 Å². The smallest absolute Gasteiger partial charge is 0.230 e. The molecule has 0 spiro atoms. The number of imide groups is 1. The maximum Gasteiger partial charge on any atom is 0.230 e. The lowest BCUT2D eigenvalue weighted by Gasteiger charge is -2.11. The predicted octanol–water partition coefficient (Wildman–Crippen LogP) is 2.84. The zero-order valence-corrected chi connectivity index (χ0v) is 12.4. The highest BCUT2D eigenvalue weighted by molar-refractivity contribution is 7.13. The zero-order valence-electron chi connectivity index (χ0n) is 11.6. The highest BCUT2D eigenvalue weighted by Gasteiger charge is 2.29. The summed E-state index contributed by atoms with van der Waals surface area (Å²) in [4.78, 5) is 28.9. The van der Waals surface area contributed by atoms with Crippen LogP contribution in [-0.2, 0) is 16.1 Å². The van der Waals surface area contributed by atoms with Gasteiger partial charge in [-0.1, -0.05) is 17.7 Å². The molecule has 3 rings (SSSR count). The standard InChI is InChI=1S/C15H15N3O2S/c1-10-2-4-11(5-3-10)16-15-17-12(9-21-15)8-18-13(19)6-7-14(18)20/h2-5,9H,6-8H2,1H3,(H,16,17). The summed E-state index contributed by atoms with van der Waals surface area (Å²) < 4.78 is 0. The lowest BCUT2D eigenvalue weighted by Crippen LogP contribution is -2.28. The maximum absolute atomic E-state index is 11.6. The number of aromatic nitrogens is 1. The molecule has 0 bridgehead atoms. The van der Waals surface area contributed by atoms with Crippen LogP contribution in [0.1, 0.15) is 24.1 Å². The molecule has 2 aromatic rings. The molecular formula is C15H15N3O2S. The number of thiazole rings is 1. The van der Waals surface area contributed by atoms with Crippen molar-refractivity contribution in [2.24, 2.45) is 0 Å². The van der Waals surface area contributed by atoms with Crippen LogP contribution in [0, 0.1) is 6.92 Å². The van der Waals surface area contributed by atoms with Crippen molar-refractivity contribution < 1.29 is 9.59 Å². The number of carbonyl (C=O) groups is 2. The molecule has 2 heterocycles. The molecule has 0 unspecified atom stereocenters. The Kier molecular flexibility index (Phi) is 3.70. The van der Waals surface area contributed by atoms with Crippen molar-refractivity contribution >= 4 is 34.0 Å². The maximum atomic E-state index is 11.6. The second kappa shape index (κ2) is 5.65. The highest BCUT2D eigenvalue weighted by atomic mass is 32.1. The van der Waals surface area contributed by atoms with E-state index in [1.165, 1.54) is 21.8 Å².